The van der Waals surface area contributed by atoms with Gasteiger partial charge < -0.3 is 9.80 Å². The van der Waals surface area contributed by atoms with Gasteiger partial charge in [0, 0.05) is 37.5 Å². The molecule has 6 heteroatoms. The Kier molecular flexibility index (Phi) is 5.70. The molecule has 2 saturated heterocycles. The van der Waals surface area contributed by atoms with Gasteiger partial charge in [0.1, 0.15) is 4.88 Å². The lowest BCUT2D eigenvalue weighted by Gasteiger charge is -2.35. The fraction of sp³-hybridized carbons (Fsp3) is 0.750. The molecule has 1 aromatic rings. The summed E-state index contributed by atoms with van der Waals surface area (Å²) in [7, 11) is 0. The monoisotopic (exact) mass is 377 g/mol. The highest BCUT2D eigenvalue weighted by atomic mass is 32.1. The third-order valence-electron chi connectivity index (χ3n) is 5.43. The van der Waals surface area contributed by atoms with Crippen molar-refractivity contribution < 1.29 is 9.59 Å². The minimum Gasteiger partial charge on any atom is -0.342 e. The molecular weight excluding hydrogens is 346 g/mol. The summed E-state index contributed by atoms with van der Waals surface area (Å²) in [5.74, 6) is 0.477. The molecule has 26 heavy (non-hydrogen) atoms. The summed E-state index contributed by atoms with van der Waals surface area (Å²) >= 11 is 1.52. The largest absolute Gasteiger partial charge is 0.342 e. The Bertz CT molecular complexity index is 663. The van der Waals surface area contributed by atoms with Crippen LogP contribution in [-0.2, 0) is 10.2 Å². The van der Waals surface area contributed by atoms with Gasteiger partial charge in [-0.3, -0.25) is 9.59 Å². The number of aryl methyl sites for hydroxylation is 1. The second-order valence-electron chi connectivity index (χ2n) is 8.64. The number of rotatable bonds is 2. The van der Waals surface area contributed by atoms with E-state index in [0.717, 1.165) is 54.4 Å². The number of hydrogen-bond acceptors (Lipinski definition) is 4. The van der Waals surface area contributed by atoms with Crippen molar-refractivity contribution in [1.82, 2.24) is 14.8 Å². The van der Waals surface area contributed by atoms with E-state index in [9.17, 15) is 9.59 Å². The quantitative estimate of drug-likeness (QED) is 0.791. The molecule has 0 atom stereocenters. The topological polar surface area (TPSA) is 53.5 Å². The molecule has 0 saturated carbocycles. The van der Waals surface area contributed by atoms with Gasteiger partial charge in [-0.25, -0.2) is 4.98 Å². The third-order valence-corrected chi connectivity index (χ3v) is 7.00. The van der Waals surface area contributed by atoms with E-state index >= 15 is 0 Å². The number of nitrogens with zero attached hydrogens (tertiary/aromatic N) is 3. The zero-order valence-corrected chi connectivity index (χ0v) is 17.3. The van der Waals surface area contributed by atoms with Gasteiger partial charge in [-0.1, -0.05) is 20.8 Å². The Morgan fingerprint density at radius 3 is 2.15 bits per heavy atom. The van der Waals surface area contributed by atoms with E-state index < -0.39 is 0 Å². The molecule has 2 fully saturated rings. The molecule has 0 aromatic carbocycles. The maximum absolute atomic E-state index is 12.9. The molecule has 3 heterocycles. The zero-order valence-electron chi connectivity index (χ0n) is 16.5. The minimum atomic E-state index is -0.0399. The van der Waals surface area contributed by atoms with Crippen LogP contribution in [0.5, 0.6) is 0 Å². The first kappa shape index (κ1) is 19.3. The Labute approximate surface area is 160 Å². The number of piperidine rings is 2. The molecule has 2 aliphatic rings. The van der Waals surface area contributed by atoms with Crippen molar-refractivity contribution in [2.24, 2.45) is 5.92 Å². The molecule has 2 aliphatic heterocycles. The second kappa shape index (κ2) is 7.67. The van der Waals surface area contributed by atoms with Gasteiger partial charge in [-0.2, -0.15) is 0 Å². The molecule has 0 aliphatic carbocycles. The van der Waals surface area contributed by atoms with E-state index in [1.54, 1.807) is 0 Å². The SMILES string of the molecule is Cc1nc(C(C)(C)C)sc1C(=O)N1CCC(C(=O)N2CCCCC2)CC1. The molecule has 0 N–H and O–H groups in total. The molecular formula is C20H31N3O2S. The number of amides is 2. The van der Waals surface area contributed by atoms with Crippen LogP contribution in [0.25, 0.3) is 0 Å². The van der Waals surface area contributed by atoms with E-state index in [1.165, 1.54) is 17.8 Å². The molecule has 0 unspecified atom stereocenters. The highest BCUT2D eigenvalue weighted by molar-refractivity contribution is 7.14. The third kappa shape index (κ3) is 4.11. The van der Waals surface area contributed by atoms with Crippen LogP contribution in [0.1, 0.15) is 73.2 Å². The van der Waals surface area contributed by atoms with Crippen LogP contribution in [0.15, 0.2) is 0 Å². The number of aromatic nitrogens is 1. The molecule has 1 aromatic heterocycles. The standard InChI is InChI=1S/C20H31N3O2S/c1-14-16(26-19(21-14)20(2,3)4)18(25)23-12-8-15(9-13-23)17(24)22-10-6-5-7-11-22/h15H,5-13H2,1-4H3. The van der Waals surface area contributed by atoms with Gasteiger partial charge in [0.2, 0.25) is 5.91 Å². The molecule has 5 nitrogen and oxygen atoms in total. The number of hydrogen-bond donors (Lipinski definition) is 0. The first-order valence-corrected chi connectivity index (χ1v) is 10.6. The van der Waals surface area contributed by atoms with Crippen LogP contribution in [0, 0.1) is 12.8 Å². The van der Waals surface area contributed by atoms with Crippen molar-refractivity contribution in [2.75, 3.05) is 26.2 Å². The Hall–Kier alpha value is -1.43. The normalized spacial score (nSPS) is 19.7. The summed E-state index contributed by atoms with van der Waals surface area (Å²) in [6, 6.07) is 0. The van der Waals surface area contributed by atoms with Crippen LogP contribution in [-0.4, -0.2) is 52.8 Å². The molecule has 0 bridgehead atoms. The van der Waals surface area contributed by atoms with Crippen molar-refractivity contribution in [3.63, 3.8) is 0 Å². The average Bonchev–Trinajstić information content (AvgIpc) is 3.03. The van der Waals surface area contributed by atoms with Gasteiger partial charge in [-0.15, -0.1) is 11.3 Å². The summed E-state index contributed by atoms with van der Waals surface area (Å²) in [6.45, 7) is 11.5. The smallest absolute Gasteiger partial charge is 0.265 e. The minimum absolute atomic E-state index is 0.0399. The number of carbonyl (C=O) groups is 2. The first-order valence-electron chi connectivity index (χ1n) is 9.83. The summed E-state index contributed by atoms with van der Waals surface area (Å²) in [6.07, 6.45) is 5.06. The Balaban J connectivity index is 1.60. The predicted molar refractivity (Wildman–Crippen MR) is 105 cm³/mol. The first-order chi connectivity index (χ1) is 12.3. The molecule has 3 rings (SSSR count). The van der Waals surface area contributed by atoms with Gasteiger partial charge in [0.15, 0.2) is 0 Å². The molecule has 144 valence electrons. The van der Waals surface area contributed by atoms with Crippen LogP contribution >= 0.6 is 11.3 Å². The van der Waals surface area contributed by atoms with Crippen LogP contribution in [0.4, 0.5) is 0 Å². The predicted octanol–water partition coefficient (Wildman–Crippen LogP) is 3.61. The number of thiazole rings is 1. The van der Waals surface area contributed by atoms with E-state index in [-0.39, 0.29) is 17.2 Å². The molecule has 2 amide bonds. The maximum Gasteiger partial charge on any atom is 0.265 e. The van der Waals surface area contributed by atoms with Crippen molar-refractivity contribution in [3.05, 3.63) is 15.6 Å². The molecule has 0 spiro atoms. The van der Waals surface area contributed by atoms with E-state index in [4.69, 9.17) is 0 Å². The highest BCUT2D eigenvalue weighted by Gasteiger charge is 2.32. The highest BCUT2D eigenvalue weighted by Crippen LogP contribution is 2.31. The number of carbonyl (C=O) groups excluding carboxylic acids is 2. The van der Waals surface area contributed by atoms with Crippen molar-refractivity contribution in [2.45, 2.75) is 65.2 Å². The summed E-state index contributed by atoms with van der Waals surface area (Å²) in [5.41, 5.74) is 0.790. The van der Waals surface area contributed by atoms with Gasteiger partial charge in [0.05, 0.1) is 10.7 Å². The summed E-state index contributed by atoms with van der Waals surface area (Å²) < 4.78 is 0. The fourth-order valence-corrected chi connectivity index (χ4v) is 4.85. The van der Waals surface area contributed by atoms with E-state index in [2.05, 4.69) is 25.8 Å². The Morgan fingerprint density at radius 2 is 1.62 bits per heavy atom. The summed E-state index contributed by atoms with van der Waals surface area (Å²) in [5, 5.41) is 1.01. The average molecular weight is 378 g/mol. The lowest BCUT2D eigenvalue weighted by molar-refractivity contribution is -0.137. The Morgan fingerprint density at radius 1 is 1.00 bits per heavy atom. The van der Waals surface area contributed by atoms with Gasteiger partial charge in [0.25, 0.3) is 5.91 Å². The van der Waals surface area contributed by atoms with Crippen LogP contribution in [0.2, 0.25) is 0 Å². The van der Waals surface area contributed by atoms with Crippen LogP contribution < -0.4 is 0 Å². The fourth-order valence-electron chi connectivity index (χ4n) is 3.76. The second-order valence-corrected chi connectivity index (χ2v) is 9.64. The molecule has 0 radical (unpaired) electrons. The lowest BCUT2D eigenvalue weighted by atomic mass is 9.94. The van der Waals surface area contributed by atoms with Crippen molar-refractivity contribution in [1.29, 1.82) is 0 Å². The van der Waals surface area contributed by atoms with Gasteiger partial charge >= 0.3 is 0 Å². The van der Waals surface area contributed by atoms with Crippen LogP contribution in [0.3, 0.4) is 0 Å². The summed E-state index contributed by atoms with van der Waals surface area (Å²) in [4.78, 5) is 34.9. The van der Waals surface area contributed by atoms with Gasteiger partial charge in [-0.05, 0) is 39.0 Å². The van der Waals surface area contributed by atoms with E-state index in [1.807, 2.05) is 16.7 Å². The van der Waals surface area contributed by atoms with Crippen molar-refractivity contribution in [3.8, 4) is 0 Å². The zero-order chi connectivity index (χ0) is 18.9. The number of likely N-dealkylation sites (tertiary alicyclic amines) is 2. The maximum atomic E-state index is 12.9. The van der Waals surface area contributed by atoms with E-state index in [0.29, 0.717) is 19.0 Å². The lowest BCUT2D eigenvalue weighted by Crippen LogP contribution is -2.45. The van der Waals surface area contributed by atoms with Crippen molar-refractivity contribution >= 4 is 23.2 Å².